The lowest BCUT2D eigenvalue weighted by molar-refractivity contribution is -0.112. The van der Waals surface area contributed by atoms with Crippen LogP contribution in [0.5, 0.6) is 0 Å². The van der Waals surface area contributed by atoms with Crippen LogP contribution in [-0.4, -0.2) is 23.1 Å². The van der Waals surface area contributed by atoms with Crippen LogP contribution in [0.1, 0.15) is 57.5 Å². The van der Waals surface area contributed by atoms with Crippen LogP contribution >= 0.6 is 11.3 Å². The van der Waals surface area contributed by atoms with Crippen LogP contribution in [0.4, 0.5) is 5.00 Å². The highest BCUT2D eigenvalue weighted by molar-refractivity contribution is 7.17. The summed E-state index contributed by atoms with van der Waals surface area (Å²) in [7, 11) is 1.94. The Kier molecular flexibility index (Phi) is 6.23. The van der Waals surface area contributed by atoms with Gasteiger partial charge in [0.05, 0.1) is 12.2 Å². The predicted octanol–water partition coefficient (Wildman–Crippen LogP) is 4.30. The van der Waals surface area contributed by atoms with Crippen LogP contribution in [0.3, 0.4) is 0 Å². The van der Waals surface area contributed by atoms with Crippen molar-refractivity contribution in [1.82, 2.24) is 4.57 Å². The molecule has 29 heavy (non-hydrogen) atoms. The maximum atomic E-state index is 12.8. The summed E-state index contributed by atoms with van der Waals surface area (Å²) in [5, 5.41) is 12.8. The van der Waals surface area contributed by atoms with E-state index in [4.69, 9.17) is 4.74 Å². The molecule has 2 heterocycles. The van der Waals surface area contributed by atoms with Crippen molar-refractivity contribution >= 4 is 34.3 Å². The molecular formula is C22H25N3O3S. The van der Waals surface area contributed by atoms with Gasteiger partial charge in [0.1, 0.15) is 16.6 Å². The van der Waals surface area contributed by atoms with Crippen molar-refractivity contribution in [2.75, 3.05) is 11.9 Å². The maximum Gasteiger partial charge on any atom is 0.341 e. The van der Waals surface area contributed by atoms with Crippen LogP contribution < -0.4 is 5.32 Å². The fourth-order valence-corrected chi connectivity index (χ4v) is 4.85. The highest BCUT2D eigenvalue weighted by Gasteiger charge is 2.27. The predicted molar refractivity (Wildman–Crippen MR) is 114 cm³/mol. The minimum Gasteiger partial charge on any atom is -0.462 e. The topological polar surface area (TPSA) is 84.1 Å². The Balaban J connectivity index is 1.94. The van der Waals surface area contributed by atoms with E-state index in [1.165, 1.54) is 11.3 Å². The molecule has 7 heteroatoms. The summed E-state index contributed by atoms with van der Waals surface area (Å²) in [4.78, 5) is 26.5. The van der Waals surface area contributed by atoms with Gasteiger partial charge in [-0.15, -0.1) is 11.3 Å². The first-order chi connectivity index (χ1) is 13.9. The number of esters is 1. The average molecular weight is 412 g/mol. The second kappa shape index (κ2) is 8.66. The van der Waals surface area contributed by atoms with Gasteiger partial charge in [-0.2, -0.15) is 5.26 Å². The first kappa shape index (κ1) is 20.9. The third-order valence-electron chi connectivity index (χ3n) is 5.36. The number of nitriles is 1. The Morgan fingerprint density at radius 3 is 2.69 bits per heavy atom. The number of fused-ring (bicyclic) bond motifs is 1. The van der Waals surface area contributed by atoms with Gasteiger partial charge in [0.2, 0.25) is 0 Å². The van der Waals surface area contributed by atoms with Crippen LogP contribution in [0.2, 0.25) is 0 Å². The number of anilines is 1. The molecule has 2 aromatic heterocycles. The van der Waals surface area contributed by atoms with Gasteiger partial charge in [-0.3, -0.25) is 4.79 Å². The number of nitrogens with one attached hydrogen (secondary N) is 1. The van der Waals surface area contributed by atoms with E-state index in [1.54, 1.807) is 13.0 Å². The lowest BCUT2D eigenvalue weighted by Crippen LogP contribution is -2.16. The number of ether oxygens (including phenoxy) is 1. The lowest BCUT2D eigenvalue weighted by Gasteiger charge is -2.12. The molecule has 3 rings (SSSR count). The van der Waals surface area contributed by atoms with Gasteiger partial charge in [0, 0.05) is 23.3 Å². The normalized spacial score (nSPS) is 13.6. The van der Waals surface area contributed by atoms with E-state index < -0.39 is 11.9 Å². The second-order valence-corrected chi connectivity index (χ2v) is 8.25. The summed E-state index contributed by atoms with van der Waals surface area (Å²) in [5.74, 6) is -0.934. The largest absolute Gasteiger partial charge is 0.462 e. The summed E-state index contributed by atoms with van der Waals surface area (Å²) in [6.45, 7) is 5.94. The summed E-state index contributed by atoms with van der Waals surface area (Å²) in [5.41, 5.74) is 4.27. The number of aryl methyl sites for hydroxylation is 2. The molecule has 0 fully saturated rings. The van der Waals surface area contributed by atoms with E-state index in [2.05, 4.69) is 5.32 Å². The van der Waals surface area contributed by atoms with Gasteiger partial charge in [0.15, 0.2) is 0 Å². The summed E-state index contributed by atoms with van der Waals surface area (Å²) < 4.78 is 7.23. The first-order valence-electron chi connectivity index (χ1n) is 9.75. The second-order valence-electron chi connectivity index (χ2n) is 7.14. The molecule has 1 aliphatic carbocycles. The van der Waals surface area contributed by atoms with Crippen molar-refractivity contribution in [2.45, 2.75) is 46.5 Å². The van der Waals surface area contributed by atoms with Crippen molar-refractivity contribution < 1.29 is 14.3 Å². The quantitative estimate of drug-likeness (QED) is 0.451. The van der Waals surface area contributed by atoms with Gasteiger partial charge in [0.25, 0.3) is 5.91 Å². The van der Waals surface area contributed by atoms with Crippen molar-refractivity contribution in [3.63, 3.8) is 0 Å². The molecule has 2 aromatic rings. The fraction of sp³-hybridized carbons (Fsp3) is 0.409. The third-order valence-corrected chi connectivity index (χ3v) is 6.56. The minimum atomic E-state index is -0.516. The van der Waals surface area contributed by atoms with E-state index >= 15 is 0 Å². The third kappa shape index (κ3) is 4.13. The molecule has 0 unspecified atom stereocenters. The lowest BCUT2D eigenvalue weighted by atomic mass is 9.95. The molecule has 152 valence electrons. The maximum absolute atomic E-state index is 12.8. The zero-order chi connectivity index (χ0) is 21.1. The number of nitrogens with zero attached hydrogens (tertiary/aromatic N) is 2. The highest BCUT2D eigenvalue weighted by atomic mass is 32.1. The molecule has 0 aliphatic heterocycles. The Morgan fingerprint density at radius 2 is 2.07 bits per heavy atom. The van der Waals surface area contributed by atoms with E-state index in [-0.39, 0.29) is 12.2 Å². The number of carbonyl (C=O) groups is 2. The van der Waals surface area contributed by atoms with Gasteiger partial charge in [-0.05, 0) is 69.7 Å². The van der Waals surface area contributed by atoms with Crippen LogP contribution in [0, 0.1) is 25.2 Å². The molecule has 0 saturated carbocycles. The van der Waals surface area contributed by atoms with E-state index in [1.807, 2.05) is 37.6 Å². The average Bonchev–Trinajstić information content (AvgIpc) is 3.18. The van der Waals surface area contributed by atoms with Crippen molar-refractivity contribution in [3.05, 3.63) is 44.6 Å². The smallest absolute Gasteiger partial charge is 0.341 e. The molecule has 0 aromatic carbocycles. The first-order valence-corrected chi connectivity index (χ1v) is 10.6. The van der Waals surface area contributed by atoms with E-state index in [0.717, 1.165) is 53.1 Å². The SMILES string of the molecule is CCOC(=O)c1c(NC(=O)/C(C#N)=C/c2cc(C)n(C)c2C)sc2c1CCCC2. The van der Waals surface area contributed by atoms with Gasteiger partial charge in [-0.25, -0.2) is 4.79 Å². The fourth-order valence-electron chi connectivity index (χ4n) is 3.58. The molecule has 1 amide bonds. The van der Waals surface area contributed by atoms with Crippen molar-refractivity contribution in [2.24, 2.45) is 7.05 Å². The monoisotopic (exact) mass is 411 g/mol. The van der Waals surface area contributed by atoms with Crippen LogP contribution in [-0.2, 0) is 29.4 Å². The zero-order valence-electron chi connectivity index (χ0n) is 17.2. The number of carbonyl (C=O) groups excluding carboxylic acids is 2. The Labute approximate surface area is 174 Å². The number of amides is 1. The molecule has 6 nitrogen and oxygen atoms in total. The van der Waals surface area contributed by atoms with Gasteiger partial charge < -0.3 is 14.6 Å². The van der Waals surface area contributed by atoms with Crippen LogP contribution in [0.25, 0.3) is 6.08 Å². The molecule has 0 spiro atoms. The molecule has 1 N–H and O–H groups in total. The Morgan fingerprint density at radius 1 is 1.34 bits per heavy atom. The molecule has 0 radical (unpaired) electrons. The summed E-state index contributed by atoms with van der Waals surface area (Å²) in [6, 6.07) is 3.93. The molecule has 0 atom stereocenters. The molecule has 0 bridgehead atoms. The molecular weight excluding hydrogens is 386 g/mol. The number of hydrogen-bond acceptors (Lipinski definition) is 5. The highest BCUT2D eigenvalue weighted by Crippen LogP contribution is 2.38. The number of aromatic nitrogens is 1. The number of hydrogen-bond donors (Lipinski definition) is 1. The molecule has 1 aliphatic rings. The molecule has 0 saturated heterocycles. The zero-order valence-corrected chi connectivity index (χ0v) is 18.0. The van der Waals surface area contributed by atoms with Crippen LogP contribution in [0.15, 0.2) is 11.6 Å². The number of rotatable bonds is 5. The number of thiophene rings is 1. The van der Waals surface area contributed by atoms with Gasteiger partial charge >= 0.3 is 5.97 Å². The summed E-state index contributed by atoms with van der Waals surface area (Å²) >= 11 is 1.41. The standard InChI is InChI=1S/C22H25N3O3S/c1-5-28-22(27)19-17-8-6-7-9-18(17)29-21(19)24-20(26)16(12-23)11-15-10-13(2)25(4)14(15)3/h10-11H,5-9H2,1-4H3,(H,24,26)/b16-11+. The van der Waals surface area contributed by atoms with Crippen molar-refractivity contribution in [1.29, 1.82) is 5.26 Å². The summed E-state index contributed by atoms with van der Waals surface area (Å²) in [6.07, 6.45) is 5.37. The Bertz CT molecular complexity index is 1040. The van der Waals surface area contributed by atoms with Gasteiger partial charge in [-0.1, -0.05) is 0 Å². The minimum absolute atomic E-state index is 0.000110. The van der Waals surface area contributed by atoms with E-state index in [0.29, 0.717) is 10.6 Å². The Hall–Kier alpha value is -2.85. The van der Waals surface area contributed by atoms with E-state index in [9.17, 15) is 14.9 Å². The van der Waals surface area contributed by atoms with Crippen molar-refractivity contribution in [3.8, 4) is 6.07 Å².